The average molecular weight is 343 g/mol. The molecule has 0 N–H and O–H groups in total. The van der Waals surface area contributed by atoms with Crippen LogP contribution in [0.1, 0.15) is 0 Å². The van der Waals surface area contributed by atoms with Crippen LogP contribution in [-0.4, -0.2) is 14.5 Å². The van der Waals surface area contributed by atoms with E-state index >= 15 is 0 Å². The Kier molecular flexibility index (Phi) is 4.35. The van der Waals surface area contributed by atoms with Crippen LogP contribution in [0.15, 0.2) is 85.3 Å². The monoisotopic (exact) mass is 343 g/mol. The average Bonchev–Trinajstić information content (AvgIpc) is 3.09. The molecular weight excluding hydrogens is 326 g/mol. The normalized spacial score (nSPS) is 10.5. The van der Waals surface area contributed by atoms with Crippen LogP contribution < -0.4 is 9.47 Å². The number of rotatable bonds is 5. The van der Waals surface area contributed by atoms with Gasteiger partial charge in [0.2, 0.25) is 5.88 Å². The number of hydrogen-bond acceptors (Lipinski definition) is 4. The molecule has 0 aliphatic heterocycles. The summed E-state index contributed by atoms with van der Waals surface area (Å²) in [7, 11) is 1.97. The smallest absolute Gasteiger partial charge is 0.219 e. The third kappa shape index (κ3) is 3.57. The minimum absolute atomic E-state index is 0.543. The molecule has 0 saturated heterocycles. The van der Waals surface area contributed by atoms with Crippen LogP contribution in [0.2, 0.25) is 0 Å². The van der Waals surface area contributed by atoms with Crippen molar-refractivity contribution in [2.75, 3.05) is 0 Å². The molecule has 5 heteroatoms. The fraction of sp³-hybridized carbons (Fsp3) is 0.0476. The lowest BCUT2D eigenvalue weighted by molar-refractivity contribution is 0.449. The lowest BCUT2D eigenvalue weighted by atomic mass is 10.2. The van der Waals surface area contributed by atoms with Crippen LogP contribution in [0, 0.1) is 0 Å². The van der Waals surface area contributed by atoms with Gasteiger partial charge in [-0.25, -0.2) is 9.97 Å². The minimum atomic E-state index is 0.543. The molecule has 0 saturated carbocycles. The summed E-state index contributed by atoms with van der Waals surface area (Å²) in [5.41, 5.74) is 0.996. The molecule has 26 heavy (non-hydrogen) atoms. The summed E-state index contributed by atoms with van der Waals surface area (Å²) < 4.78 is 13.7. The molecule has 0 aliphatic carbocycles. The Balaban J connectivity index is 1.54. The first-order valence-electron chi connectivity index (χ1n) is 8.22. The largest absolute Gasteiger partial charge is 0.457 e. The number of benzene rings is 2. The van der Waals surface area contributed by atoms with Gasteiger partial charge in [0.1, 0.15) is 23.1 Å². The number of hydrogen-bond donors (Lipinski definition) is 0. The molecule has 128 valence electrons. The number of ether oxygens (including phenoxy) is 2. The molecule has 5 nitrogen and oxygen atoms in total. The number of pyridine rings is 1. The van der Waals surface area contributed by atoms with Crippen molar-refractivity contribution in [3.05, 3.63) is 85.3 Å². The van der Waals surface area contributed by atoms with Crippen LogP contribution in [0.25, 0.3) is 11.4 Å². The molecule has 0 fully saturated rings. The van der Waals surface area contributed by atoms with E-state index in [-0.39, 0.29) is 0 Å². The molecule has 0 bridgehead atoms. The zero-order valence-electron chi connectivity index (χ0n) is 14.2. The van der Waals surface area contributed by atoms with Gasteiger partial charge in [0.15, 0.2) is 0 Å². The third-order valence-electron chi connectivity index (χ3n) is 3.81. The van der Waals surface area contributed by atoms with Crippen molar-refractivity contribution in [2.24, 2.45) is 7.05 Å². The van der Waals surface area contributed by atoms with Crippen molar-refractivity contribution < 1.29 is 9.47 Å². The second kappa shape index (κ2) is 7.11. The Morgan fingerprint density at radius 2 is 1.50 bits per heavy atom. The van der Waals surface area contributed by atoms with Crippen molar-refractivity contribution in [3.8, 4) is 34.5 Å². The molecule has 2 aromatic heterocycles. The van der Waals surface area contributed by atoms with Crippen molar-refractivity contribution in [3.63, 3.8) is 0 Å². The molecule has 0 aliphatic rings. The molecule has 0 atom stereocenters. The Morgan fingerprint density at radius 1 is 0.731 bits per heavy atom. The summed E-state index contributed by atoms with van der Waals surface area (Å²) in [5.74, 6) is 3.53. The molecule has 2 aromatic carbocycles. The maximum Gasteiger partial charge on any atom is 0.219 e. The maximum absolute atomic E-state index is 6.00. The molecule has 0 spiro atoms. The highest BCUT2D eigenvalue weighted by molar-refractivity contribution is 5.58. The van der Waals surface area contributed by atoms with E-state index in [1.54, 1.807) is 12.4 Å². The van der Waals surface area contributed by atoms with Crippen LogP contribution in [0.4, 0.5) is 0 Å². The first-order chi connectivity index (χ1) is 12.8. The van der Waals surface area contributed by atoms with E-state index in [1.807, 2.05) is 84.5 Å². The van der Waals surface area contributed by atoms with Gasteiger partial charge in [0, 0.05) is 43.3 Å². The molecule has 0 amide bonds. The van der Waals surface area contributed by atoms with Crippen LogP contribution in [0.3, 0.4) is 0 Å². The second-order valence-corrected chi connectivity index (χ2v) is 5.74. The number of imidazole rings is 1. The van der Waals surface area contributed by atoms with Gasteiger partial charge in [-0.15, -0.1) is 0 Å². The molecule has 4 aromatic rings. The van der Waals surface area contributed by atoms with E-state index in [0.29, 0.717) is 17.4 Å². The third-order valence-corrected chi connectivity index (χ3v) is 3.81. The fourth-order valence-electron chi connectivity index (χ4n) is 2.61. The fourth-order valence-corrected chi connectivity index (χ4v) is 2.61. The van der Waals surface area contributed by atoms with Crippen molar-refractivity contribution in [1.82, 2.24) is 14.5 Å². The lowest BCUT2D eigenvalue weighted by Crippen LogP contribution is -1.92. The molecular formula is C21H17N3O2. The molecule has 0 radical (unpaired) electrons. The van der Waals surface area contributed by atoms with Crippen LogP contribution in [-0.2, 0) is 7.05 Å². The number of aromatic nitrogens is 3. The van der Waals surface area contributed by atoms with Gasteiger partial charge in [-0.3, -0.25) is 0 Å². The number of nitrogens with zero attached hydrogens (tertiary/aromatic N) is 3. The zero-order valence-corrected chi connectivity index (χ0v) is 14.2. The minimum Gasteiger partial charge on any atom is -0.457 e. The maximum atomic E-state index is 6.00. The van der Waals surface area contributed by atoms with Gasteiger partial charge in [0.25, 0.3) is 0 Å². The SMILES string of the molecule is Cn1ccnc1-c1cccc(Oc2cccc(Oc3ccccn3)c2)c1. The quantitative estimate of drug-likeness (QED) is 0.508. The summed E-state index contributed by atoms with van der Waals surface area (Å²) in [4.78, 5) is 8.54. The Hall–Kier alpha value is -3.60. The van der Waals surface area contributed by atoms with E-state index in [1.165, 1.54) is 0 Å². The van der Waals surface area contributed by atoms with E-state index in [4.69, 9.17) is 9.47 Å². The van der Waals surface area contributed by atoms with E-state index < -0.39 is 0 Å². The highest BCUT2D eigenvalue weighted by Crippen LogP contribution is 2.29. The first kappa shape index (κ1) is 15.9. The van der Waals surface area contributed by atoms with Gasteiger partial charge in [-0.2, -0.15) is 0 Å². The standard InChI is InChI=1S/C21H17N3O2/c1-24-13-12-23-21(24)16-6-4-7-17(14-16)25-18-8-5-9-19(15-18)26-20-10-2-3-11-22-20/h2-15H,1H3. The highest BCUT2D eigenvalue weighted by Gasteiger charge is 2.06. The van der Waals surface area contributed by atoms with Gasteiger partial charge in [0.05, 0.1) is 0 Å². The summed E-state index contributed by atoms with van der Waals surface area (Å²) in [6.07, 6.45) is 5.39. The number of aryl methyl sites for hydroxylation is 1. The summed E-state index contributed by atoms with van der Waals surface area (Å²) in [6.45, 7) is 0. The zero-order chi connectivity index (χ0) is 17.8. The van der Waals surface area contributed by atoms with Gasteiger partial charge < -0.3 is 14.0 Å². The molecule has 0 unspecified atom stereocenters. The van der Waals surface area contributed by atoms with Crippen LogP contribution in [0.5, 0.6) is 23.1 Å². The summed E-state index contributed by atoms with van der Waals surface area (Å²) in [6, 6.07) is 20.9. The Bertz CT molecular complexity index is 1010. The van der Waals surface area contributed by atoms with Gasteiger partial charge >= 0.3 is 0 Å². The molecule has 2 heterocycles. The predicted octanol–water partition coefficient (Wildman–Crippen LogP) is 5.07. The predicted molar refractivity (Wildman–Crippen MR) is 99.5 cm³/mol. The van der Waals surface area contributed by atoms with Crippen LogP contribution >= 0.6 is 0 Å². The Morgan fingerprint density at radius 3 is 2.23 bits per heavy atom. The Labute approximate surface area is 151 Å². The summed E-state index contributed by atoms with van der Waals surface area (Å²) >= 11 is 0. The van der Waals surface area contributed by atoms with E-state index in [9.17, 15) is 0 Å². The molecule has 4 rings (SSSR count). The highest BCUT2D eigenvalue weighted by atomic mass is 16.5. The van der Waals surface area contributed by atoms with E-state index in [2.05, 4.69) is 9.97 Å². The van der Waals surface area contributed by atoms with E-state index in [0.717, 1.165) is 17.1 Å². The van der Waals surface area contributed by atoms with Gasteiger partial charge in [-0.1, -0.05) is 24.3 Å². The lowest BCUT2D eigenvalue weighted by Gasteiger charge is -2.10. The summed E-state index contributed by atoms with van der Waals surface area (Å²) in [5, 5.41) is 0. The second-order valence-electron chi connectivity index (χ2n) is 5.74. The first-order valence-corrected chi connectivity index (χ1v) is 8.22. The van der Waals surface area contributed by atoms with Gasteiger partial charge in [-0.05, 0) is 30.3 Å². The topological polar surface area (TPSA) is 49.2 Å². The van der Waals surface area contributed by atoms with Crippen molar-refractivity contribution in [1.29, 1.82) is 0 Å². The van der Waals surface area contributed by atoms with Crippen molar-refractivity contribution in [2.45, 2.75) is 0 Å². The van der Waals surface area contributed by atoms with Crippen molar-refractivity contribution >= 4 is 0 Å².